The second-order valence-electron chi connectivity index (χ2n) is 7.15. The highest BCUT2D eigenvalue weighted by atomic mass is 79.9. The first-order chi connectivity index (χ1) is 14.6. The van der Waals surface area contributed by atoms with E-state index >= 15 is 0 Å². The number of halogens is 1. The lowest BCUT2D eigenvalue weighted by atomic mass is 10.1. The summed E-state index contributed by atoms with van der Waals surface area (Å²) in [7, 11) is 3.32. The van der Waals surface area contributed by atoms with E-state index in [-0.39, 0.29) is 11.5 Å². The number of rotatable bonds is 4. The van der Waals surface area contributed by atoms with Crippen molar-refractivity contribution >= 4 is 33.7 Å². The molecule has 0 aliphatic rings. The van der Waals surface area contributed by atoms with Gasteiger partial charge in [-0.1, -0.05) is 15.9 Å². The van der Waals surface area contributed by atoms with Crippen LogP contribution in [-0.2, 0) is 0 Å². The van der Waals surface area contributed by atoms with Gasteiger partial charge < -0.3 is 10.0 Å². The Morgan fingerprint density at radius 1 is 1.10 bits per heavy atom. The van der Waals surface area contributed by atoms with Gasteiger partial charge in [0.1, 0.15) is 5.56 Å². The summed E-state index contributed by atoms with van der Waals surface area (Å²) in [5, 5.41) is 10.7. The predicted octanol–water partition coefficient (Wildman–Crippen LogP) is 3.06. The molecule has 0 aliphatic carbocycles. The largest absolute Gasteiger partial charge is 0.493 e. The zero-order valence-electron chi connectivity index (χ0n) is 17.4. The molecule has 2 aromatic carbocycles. The van der Waals surface area contributed by atoms with Crippen LogP contribution in [0.1, 0.15) is 27.0 Å². The van der Waals surface area contributed by atoms with E-state index in [1.807, 2.05) is 13.8 Å². The summed E-state index contributed by atoms with van der Waals surface area (Å²) in [6.45, 7) is 3.69. The van der Waals surface area contributed by atoms with Crippen molar-refractivity contribution in [2.24, 2.45) is 4.99 Å². The number of nitrogens with one attached hydrogen (secondary N) is 1. The molecule has 0 spiro atoms. The number of aromatic nitrogens is 2. The molecule has 8 nitrogen and oxygen atoms in total. The van der Waals surface area contributed by atoms with Gasteiger partial charge in [-0.15, -0.1) is 0 Å². The van der Waals surface area contributed by atoms with Crippen LogP contribution in [-0.4, -0.2) is 45.8 Å². The van der Waals surface area contributed by atoms with Crippen molar-refractivity contribution in [3.05, 3.63) is 84.0 Å². The number of benzene rings is 2. The molecule has 3 aromatic rings. The number of hydrogen-bond acceptors (Lipinski definition) is 5. The number of aromatic amines is 1. The lowest BCUT2D eigenvalue weighted by Crippen LogP contribution is -2.31. The van der Waals surface area contributed by atoms with Crippen molar-refractivity contribution in [2.45, 2.75) is 13.8 Å². The molecule has 0 saturated carbocycles. The molecular formula is C22H21BrN4O4. The van der Waals surface area contributed by atoms with E-state index in [0.717, 1.165) is 20.2 Å². The minimum absolute atomic E-state index is 0.142. The average Bonchev–Trinajstić information content (AvgIpc) is 2.73. The second kappa shape index (κ2) is 8.73. The van der Waals surface area contributed by atoms with Crippen molar-refractivity contribution in [3.63, 3.8) is 0 Å². The standard InChI is InChI=1S/C22H21BrN4O4/c1-12-13(2)18(10-9-17(12)23)27-21(30)16(19(28)25-22(27)31)11-24-15-7-5-14(6-8-15)20(29)26(3)4/h5-11,30H,1-4H3,(H,25,28,31). The van der Waals surface area contributed by atoms with Gasteiger partial charge in [0.15, 0.2) is 0 Å². The van der Waals surface area contributed by atoms with Crippen LogP contribution >= 0.6 is 15.9 Å². The fourth-order valence-electron chi connectivity index (χ4n) is 2.98. The molecule has 2 N–H and O–H groups in total. The molecule has 0 aliphatic heterocycles. The summed E-state index contributed by atoms with van der Waals surface area (Å²) in [5.74, 6) is -0.654. The molecule has 0 radical (unpaired) electrons. The fraction of sp³-hybridized carbons (Fsp3) is 0.182. The van der Waals surface area contributed by atoms with Crippen molar-refractivity contribution in [1.82, 2.24) is 14.5 Å². The number of aromatic hydroxyl groups is 1. The lowest BCUT2D eigenvalue weighted by Gasteiger charge is -2.14. The molecule has 0 unspecified atom stereocenters. The van der Waals surface area contributed by atoms with Gasteiger partial charge >= 0.3 is 5.69 Å². The Balaban J connectivity index is 2.05. The van der Waals surface area contributed by atoms with Gasteiger partial charge in [-0.25, -0.2) is 9.36 Å². The highest BCUT2D eigenvalue weighted by Crippen LogP contribution is 2.26. The number of hydrogen-bond donors (Lipinski definition) is 2. The summed E-state index contributed by atoms with van der Waals surface area (Å²) in [4.78, 5) is 44.6. The molecule has 1 heterocycles. The van der Waals surface area contributed by atoms with Gasteiger partial charge in [-0.3, -0.25) is 19.6 Å². The highest BCUT2D eigenvalue weighted by molar-refractivity contribution is 9.10. The second-order valence-corrected chi connectivity index (χ2v) is 8.01. The van der Waals surface area contributed by atoms with Gasteiger partial charge in [0.05, 0.1) is 11.4 Å². The van der Waals surface area contributed by atoms with Crippen LogP contribution in [0.5, 0.6) is 5.88 Å². The Bertz CT molecular complexity index is 1300. The average molecular weight is 485 g/mol. The molecular weight excluding hydrogens is 464 g/mol. The first kappa shape index (κ1) is 22.2. The Morgan fingerprint density at radius 3 is 2.35 bits per heavy atom. The molecule has 9 heteroatoms. The minimum Gasteiger partial charge on any atom is -0.493 e. The van der Waals surface area contributed by atoms with Crippen molar-refractivity contribution in [3.8, 4) is 11.6 Å². The molecule has 3 rings (SSSR count). The molecule has 31 heavy (non-hydrogen) atoms. The van der Waals surface area contributed by atoms with Crippen LogP contribution in [0.3, 0.4) is 0 Å². The Labute approximate surface area is 186 Å². The summed E-state index contributed by atoms with van der Waals surface area (Å²) in [6, 6.07) is 9.92. The molecule has 0 bridgehead atoms. The zero-order valence-corrected chi connectivity index (χ0v) is 19.0. The van der Waals surface area contributed by atoms with E-state index in [1.165, 1.54) is 11.1 Å². The first-order valence-electron chi connectivity index (χ1n) is 9.32. The number of aliphatic imine (C=N–C) groups is 1. The van der Waals surface area contributed by atoms with Crippen LogP contribution in [0.2, 0.25) is 0 Å². The molecule has 1 aromatic heterocycles. The van der Waals surface area contributed by atoms with Gasteiger partial charge in [0, 0.05) is 30.3 Å². The summed E-state index contributed by atoms with van der Waals surface area (Å²) < 4.78 is 1.90. The summed E-state index contributed by atoms with van der Waals surface area (Å²) >= 11 is 3.44. The minimum atomic E-state index is -0.756. The molecule has 0 atom stereocenters. The SMILES string of the molecule is Cc1c(Br)ccc(-n2c(O)c(C=Nc3ccc(C(=O)N(C)C)cc3)c(=O)[nH]c2=O)c1C. The van der Waals surface area contributed by atoms with Crippen molar-refractivity contribution in [1.29, 1.82) is 0 Å². The van der Waals surface area contributed by atoms with E-state index in [0.29, 0.717) is 16.9 Å². The maximum absolute atomic E-state index is 12.4. The smallest absolute Gasteiger partial charge is 0.335 e. The van der Waals surface area contributed by atoms with Crippen LogP contribution in [0, 0.1) is 13.8 Å². The van der Waals surface area contributed by atoms with E-state index < -0.39 is 17.1 Å². The Kier molecular flexibility index (Phi) is 6.26. The maximum Gasteiger partial charge on any atom is 0.335 e. The predicted molar refractivity (Wildman–Crippen MR) is 123 cm³/mol. The molecule has 0 fully saturated rings. The van der Waals surface area contributed by atoms with Crippen molar-refractivity contribution < 1.29 is 9.90 Å². The monoisotopic (exact) mass is 484 g/mol. The maximum atomic E-state index is 12.4. The molecule has 1 amide bonds. The highest BCUT2D eigenvalue weighted by Gasteiger charge is 2.17. The first-order valence-corrected chi connectivity index (χ1v) is 10.1. The third kappa shape index (κ3) is 4.36. The summed E-state index contributed by atoms with van der Waals surface area (Å²) in [5.41, 5.74) is 1.42. The number of amides is 1. The fourth-order valence-corrected chi connectivity index (χ4v) is 3.41. The Hall–Kier alpha value is -3.46. The van der Waals surface area contributed by atoms with Gasteiger partial charge in [-0.2, -0.15) is 0 Å². The van der Waals surface area contributed by atoms with E-state index in [2.05, 4.69) is 25.9 Å². The van der Waals surface area contributed by atoms with Gasteiger partial charge in [-0.05, 0) is 61.4 Å². The van der Waals surface area contributed by atoms with Crippen LogP contribution in [0.25, 0.3) is 5.69 Å². The van der Waals surface area contributed by atoms with Crippen molar-refractivity contribution in [2.75, 3.05) is 14.1 Å². The zero-order chi connectivity index (χ0) is 22.9. The normalized spacial score (nSPS) is 11.1. The topological polar surface area (TPSA) is 108 Å². The number of carbonyl (C=O) groups is 1. The lowest BCUT2D eigenvalue weighted by molar-refractivity contribution is 0.0827. The molecule has 160 valence electrons. The Morgan fingerprint density at radius 2 is 1.74 bits per heavy atom. The van der Waals surface area contributed by atoms with E-state index in [4.69, 9.17) is 0 Å². The van der Waals surface area contributed by atoms with Gasteiger partial charge in [0.2, 0.25) is 5.88 Å². The molecule has 0 saturated heterocycles. The summed E-state index contributed by atoms with van der Waals surface area (Å²) in [6.07, 6.45) is 1.19. The quantitative estimate of drug-likeness (QED) is 0.554. The van der Waals surface area contributed by atoms with E-state index in [9.17, 15) is 19.5 Å². The van der Waals surface area contributed by atoms with E-state index in [1.54, 1.807) is 50.5 Å². The van der Waals surface area contributed by atoms with Crippen LogP contribution in [0.4, 0.5) is 5.69 Å². The number of H-pyrrole nitrogens is 1. The number of nitrogens with zero attached hydrogens (tertiary/aromatic N) is 3. The van der Waals surface area contributed by atoms with Gasteiger partial charge in [0.25, 0.3) is 11.5 Å². The number of carbonyl (C=O) groups excluding carboxylic acids is 1. The van der Waals surface area contributed by atoms with Crippen LogP contribution in [0.15, 0.2) is 55.5 Å². The third-order valence-corrected chi connectivity index (χ3v) is 5.78. The third-order valence-electron chi connectivity index (χ3n) is 4.92. The van der Waals surface area contributed by atoms with Crippen LogP contribution < -0.4 is 11.2 Å².